The Morgan fingerprint density at radius 2 is 1.89 bits per heavy atom. The molecule has 0 fully saturated rings. The van der Waals surface area contributed by atoms with Crippen LogP contribution in [0.2, 0.25) is 0 Å². The van der Waals surface area contributed by atoms with Crippen molar-refractivity contribution in [1.82, 2.24) is 10.1 Å². The molecule has 0 spiro atoms. The van der Waals surface area contributed by atoms with Gasteiger partial charge in [-0.15, -0.1) is 0 Å². The van der Waals surface area contributed by atoms with E-state index in [1.807, 2.05) is 43.3 Å². The van der Waals surface area contributed by atoms with Crippen molar-refractivity contribution in [3.63, 3.8) is 0 Å². The van der Waals surface area contributed by atoms with Crippen LogP contribution in [0, 0.1) is 0 Å². The number of rotatable bonds is 7. The third-order valence-electron chi connectivity index (χ3n) is 4.09. The Morgan fingerprint density at radius 1 is 1.14 bits per heavy atom. The van der Waals surface area contributed by atoms with E-state index in [-0.39, 0.29) is 11.9 Å². The number of ether oxygens (including phenoxy) is 2. The van der Waals surface area contributed by atoms with E-state index in [2.05, 4.69) is 20.4 Å². The Kier molecular flexibility index (Phi) is 6.11. The van der Waals surface area contributed by atoms with Crippen LogP contribution in [0.1, 0.15) is 18.7 Å². The summed E-state index contributed by atoms with van der Waals surface area (Å²) >= 11 is 0. The molecule has 2 aromatic carbocycles. The molecule has 0 amide bonds. The van der Waals surface area contributed by atoms with Gasteiger partial charge in [0.2, 0.25) is 11.7 Å². The van der Waals surface area contributed by atoms with Crippen LogP contribution in [0.4, 0.5) is 5.69 Å². The first-order valence-electron chi connectivity index (χ1n) is 8.78. The molecule has 146 valence electrons. The van der Waals surface area contributed by atoms with Gasteiger partial charge in [-0.3, -0.25) is 4.99 Å². The molecule has 0 saturated heterocycles. The van der Waals surface area contributed by atoms with Gasteiger partial charge in [0.1, 0.15) is 0 Å². The number of hydrogen-bond donors (Lipinski definition) is 2. The van der Waals surface area contributed by atoms with Crippen LogP contribution in [0.15, 0.2) is 58.0 Å². The second-order valence-electron chi connectivity index (χ2n) is 6.14. The summed E-state index contributed by atoms with van der Waals surface area (Å²) in [4.78, 5) is 8.80. The number of guanidine groups is 1. The van der Waals surface area contributed by atoms with Gasteiger partial charge in [-0.25, -0.2) is 0 Å². The first-order valence-corrected chi connectivity index (χ1v) is 8.78. The Balaban J connectivity index is 1.62. The lowest BCUT2D eigenvalue weighted by Crippen LogP contribution is -2.23. The predicted molar refractivity (Wildman–Crippen MR) is 108 cm³/mol. The van der Waals surface area contributed by atoms with E-state index < -0.39 is 0 Å². The fraction of sp³-hybridized carbons (Fsp3) is 0.250. The van der Waals surface area contributed by atoms with Gasteiger partial charge in [-0.2, -0.15) is 4.98 Å². The molecular formula is C20H23N5O3. The number of anilines is 1. The van der Waals surface area contributed by atoms with Crippen LogP contribution in [0.25, 0.3) is 11.4 Å². The molecule has 1 heterocycles. The predicted octanol–water partition coefficient (Wildman–Crippen LogP) is 3.28. The van der Waals surface area contributed by atoms with Crippen molar-refractivity contribution in [3.05, 3.63) is 54.4 Å². The first-order chi connectivity index (χ1) is 13.6. The van der Waals surface area contributed by atoms with Gasteiger partial charge in [-0.05, 0) is 12.1 Å². The van der Waals surface area contributed by atoms with Crippen molar-refractivity contribution < 1.29 is 14.0 Å². The van der Waals surface area contributed by atoms with E-state index in [0.29, 0.717) is 29.8 Å². The fourth-order valence-corrected chi connectivity index (χ4v) is 2.55. The number of hydrogen-bond acceptors (Lipinski definition) is 6. The molecule has 0 radical (unpaired) electrons. The minimum absolute atomic E-state index is 0.0734. The van der Waals surface area contributed by atoms with Crippen molar-refractivity contribution in [2.75, 3.05) is 26.1 Å². The molecule has 0 aliphatic rings. The molecule has 0 saturated carbocycles. The van der Waals surface area contributed by atoms with Crippen LogP contribution in [-0.2, 0) is 0 Å². The number of aromatic nitrogens is 2. The second kappa shape index (κ2) is 8.90. The summed E-state index contributed by atoms with van der Waals surface area (Å²) in [6, 6.07) is 15.1. The lowest BCUT2D eigenvalue weighted by molar-refractivity contribution is 0.355. The monoisotopic (exact) mass is 381 g/mol. The maximum Gasteiger partial charge on any atom is 0.231 e. The number of nitrogens with one attached hydrogen (secondary N) is 1. The summed E-state index contributed by atoms with van der Waals surface area (Å²) in [5.74, 6) is 2.53. The zero-order valence-corrected chi connectivity index (χ0v) is 16.0. The quantitative estimate of drug-likeness (QED) is 0.477. The van der Waals surface area contributed by atoms with Crippen molar-refractivity contribution in [3.8, 4) is 22.9 Å². The number of aliphatic imine (C=N–C) groups is 1. The first kappa shape index (κ1) is 19.2. The molecular weight excluding hydrogens is 358 g/mol. The van der Waals surface area contributed by atoms with E-state index in [0.717, 1.165) is 11.3 Å². The summed E-state index contributed by atoms with van der Waals surface area (Å²) in [5, 5.41) is 7.06. The highest BCUT2D eigenvalue weighted by molar-refractivity contribution is 5.92. The fourth-order valence-electron chi connectivity index (χ4n) is 2.55. The normalized spacial score (nSPS) is 12.5. The highest BCUT2D eigenvalue weighted by Crippen LogP contribution is 2.29. The molecule has 8 heteroatoms. The molecule has 1 aromatic heterocycles. The Labute approximate surface area is 163 Å². The van der Waals surface area contributed by atoms with Crippen molar-refractivity contribution in [2.24, 2.45) is 10.7 Å². The van der Waals surface area contributed by atoms with E-state index >= 15 is 0 Å². The minimum Gasteiger partial charge on any atom is -0.493 e. The second-order valence-corrected chi connectivity index (χ2v) is 6.14. The third-order valence-corrected chi connectivity index (χ3v) is 4.09. The topological polar surface area (TPSA) is 108 Å². The molecule has 1 unspecified atom stereocenters. The van der Waals surface area contributed by atoms with Gasteiger partial charge in [-0.1, -0.05) is 42.4 Å². The van der Waals surface area contributed by atoms with Gasteiger partial charge in [0.15, 0.2) is 17.5 Å². The van der Waals surface area contributed by atoms with E-state index in [1.54, 1.807) is 26.4 Å². The summed E-state index contributed by atoms with van der Waals surface area (Å²) < 4.78 is 15.9. The molecule has 1 atom stereocenters. The Morgan fingerprint density at radius 3 is 2.61 bits per heavy atom. The molecule has 3 rings (SSSR count). The zero-order chi connectivity index (χ0) is 19.9. The molecule has 28 heavy (non-hydrogen) atoms. The van der Waals surface area contributed by atoms with E-state index in [4.69, 9.17) is 19.7 Å². The van der Waals surface area contributed by atoms with Crippen LogP contribution < -0.4 is 20.5 Å². The average molecular weight is 381 g/mol. The lowest BCUT2D eigenvalue weighted by atomic mass is 10.2. The van der Waals surface area contributed by atoms with Crippen LogP contribution >= 0.6 is 0 Å². The largest absolute Gasteiger partial charge is 0.493 e. The van der Waals surface area contributed by atoms with Gasteiger partial charge in [0.05, 0.1) is 26.7 Å². The van der Waals surface area contributed by atoms with Gasteiger partial charge < -0.3 is 25.0 Å². The summed E-state index contributed by atoms with van der Waals surface area (Å²) in [6.07, 6.45) is 0. The minimum atomic E-state index is -0.0734. The van der Waals surface area contributed by atoms with Crippen molar-refractivity contribution in [1.29, 1.82) is 0 Å². The Hall–Kier alpha value is -3.55. The molecule has 0 bridgehead atoms. The number of benzene rings is 2. The molecule has 8 nitrogen and oxygen atoms in total. The summed E-state index contributed by atoms with van der Waals surface area (Å²) in [7, 11) is 3.16. The van der Waals surface area contributed by atoms with Gasteiger partial charge in [0.25, 0.3) is 0 Å². The van der Waals surface area contributed by atoms with E-state index in [1.165, 1.54) is 0 Å². The number of methoxy groups -OCH3 is 2. The summed E-state index contributed by atoms with van der Waals surface area (Å²) in [5.41, 5.74) is 7.64. The van der Waals surface area contributed by atoms with Crippen molar-refractivity contribution in [2.45, 2.75) is 12.8 Å². The van der Waals surface area contributed by atoms with Gasteiger partial charge in [0, 0.05) is 17.3 Å². The van der Waals surface area contributed by atoms with Crippen LogP contribution in [0.5, 0.6) is 11.5 Å². The van der Waals surface area contributed by atoms with E-state index in [9.17, 15) is 0 Å². The number of nitrogens with zero attached hydrogens (tertiary/aromatic N) is 3. The standard InChI is InChI=1S/C20H23N5O3/c1-13(19-24-18(25-28-19)14-7-5-4-6-8-14)12-22-20(21)23-15-9-10-16(26-2)17(11-15)27-3/h4-11,13H,12H2,1-3H3,(H3,21,22,23). The Bertz CT molecular complexity index is 940. The zero-order valence-electron chi connectivity index (χ0n) is 16.0. The highest BCUT2D eigenvalue weighted by atomic mass is 16.5. The van der Waals surface area contributed by atoms with Crippen molar-refractivity contribution >= 4 is 11.6 Å². The maximum atomic E-state index is 5.99. The maximum absolute atomic E-state index is 5.99. The molecule has 3 aromatic rings. The SMILES string of the molecule is COc1ccc(NC(N)=NCC(C)c2nc(-c3ccccc3)no2)cc1OC. The smallest absolute Gasteiger partial charge is 0.231 e. The van der Waals surface area contributed by atoms with Crippen LogP contribution in [-0.4, -0.2) is 36.9 Å². The molecule has 3 N–H and O–H groups in total. The summed E-state index contributed by atoms with van der Waals surface area (Å²) in [6.45, 7) is 2.36. The van der Waals surface area contributed by atoms with Gasteiger partial charge >= 0.3 is 0 Å². The molecule has 0 aliphatic carbocycles. The third kappa shape index (κ3) is 4.59. The van der Waals surface area contributed by atoms with Crippen LogP contribution in [0.3, 0.4) is 0 Å². The highest BCUT2D eigenvalue weighted by Gasteiger charge is 2.15. The number of nitrogens with two attached hydrogens (primary N) is 1. The molecule has 0 aliphatic heterocycles. The average Bonchev–Trinajstić information content (AvgIpc) is 3.23. The lowest BCUT2D eigenvalue weighted by Gasteiger charge is -2.11.